The van der Waals surface area contributed by atoms with Gasteiger partial charge in [0.15, 0.2) is 0 Å². The van der Waals surface area contributed by atoms with Crippen LogP contribution in [-0.4, -0.2) is 34.7 Å². The molecule has 0 bridgehead atoms. The van der Waals surface area contributed by atoms with Crippen molar-refractivity contribution in [3.05, 3.63) is 69.6 Å². The van der Waals surface area contributed by atoms with Crippen molar-refractivity contribution in [1.82, 2.24) is 34.7 Å². The Morgan fingerprint density at radius 3 is 2.54 bits per heavy atom. The number of unbranched alkanes of at least 4 members (excludes halogenated alkanes) is 2. The Bertz CT molecular complexity index is 1290. The van der Waals surface area contributed by atoms with Gasteiger partial charge in [-0.15, -0.1) is 10.2 Å². The van der Waals surface area contributed by atoms with Gasteiger partial charge in [-0.25, -0.2) is 4.79 Å². The van der Waals surface area contributed by atoms with E-state index in [0.29, 0.717) is 30.0 Å². The molecule has 3 aromatic heterocycles. The van der Waals surface area contributed by atoms with Gasteiger partial charge < -0.3 is 0 Å². The summed E-state index contributed by atoms with van der Waals surface area (Å²) in [5, 5.41) is 15.0. The van der Waals surface area contributed by atoms with Crippen LogP contribution in [0.5, 0.6) is 0 Å². The molecule has 0 saturated carbocycles. The van der Waals surface area contributed by atoms with Gasteiger partial charge in [0.05, 0.1) is 12.2 Å². The molecule has 1 N–H and O–H groups in total. The molecular weight excluding hydrogens is 462 g/mol. The number of pyridine rings is 1. The zero-order valence-electron chi connectivity index (χ0n) is 20.5. The summed E-state index contributed by atoms with van der Waals surface area (Å²) in [6.45, 7) is 7.62. The molecule has 0 aliphatic carbocycles. The second-order valence-electron chi connectivity index (χ2n) is 9.25. The first-order valence-electron chi connectivity index (χ1n) is 12.2. The largest absolute Gasteiger partial charge is 0.329 e. The predicted octanol–water partition coefficient (Wildman–Crippen LogP) is 5.37. The lowest BCUT2D eigenvalue weighted by Gasteiger charge is -2.10. The van der Waals surface area contributed by atoms with Crippen LogP contribution < -0.4 is 5.69 Å². The Balaban J connectivity index is 1.62. The molecule has 0 unspecified atom stereocenters. The van der Waals surface area contributed by atoms with Crippen molar-refractivity contribution < 1.29 is 0 Å². The standard InChI is InChI=1S/C26H32ClN7O/c1-4-5-6-7-23-24(27)33(15-13-18(2)3)26(35)34(23)17-19-8-10-20(11-9-19)22-16-28-14-12-21(22)25-29-31-32-30-25/h8-12,14,16,18H,4-7,13,15,17H2,1-3H3,(H,29,30,31,32). The van der Waals surface area contributed by atoms with E-state index in [1.165, 1.54) is 0 Å². The minimum Gasteiger partial charge on any atom is -0.290 e. The molecule has 0 saturated heterocycles. The summed E-state index contributed by atoms with van der Waals surface area (Å²) in [6, 6.07) is 10.0. The van der Waals surface area contributed by atoms with E-state index in [1.807, 2.05) is 34.9 Å². The van der Waals surface area contributed by atoms with Crippen molar-refractivity contribution in [2.24, 2.45) is 5.92 Å². The van der Waals surface area contributed by atoms with Gasteiger partial charge >= 0.3 is 5.69 Å². The summed E-state index contributed by atoms with van der Waals surface area (Å²) in [5.74, 6) is 1.02. The fourth-order valence-corrected chi connectivity index (χ4v) is 4.56. The predicted molar refractivity (Wildman–Crippen MR) is 138 cm³/mol. The molecule has 184 valence electrons. The maximum absolute atomic E-state index is 13.3. The van der Waals surface area contributed by atoms with E-state index in [0.717, 1.165) is 60.1 Å². The number of nitrogens with zero attached hydrogens (tertiary/aromatic N) is 6. The van der Waals surface area contributed by atoms with Crippen molar-refractivity contribution >= 4 is 11.6 Å². The van der Waals surface area contributed by atoms with Crippen molar-refractivity contribution in [3.8, 4) is 22.5 Å². The zero-order valence-corrected chi connectivity index (χ0v) is 21.3. The van der Waals surface area contributed by atoms with Crippen LogP contribution in [0.2, 0.25) is 5.15 Å². The highest BCUT2D eigenvalue weighted by atomic mass is 35.5. The number of tetrazole rings is 1. The number of hydrogen-bond donors (Lipinski definition) is 1. The van der Waals surface area contributed by atoms with Crippen molar-refractivity contribution in [3.63, 3.8) is 0 Å². The summed E-state index contributed by atoms with van der Waals surface area (Å²) in [7, 11) is 0. The first kappa shape index (κ1) is 24.9. The lowest BCUT2D eigenvalue weighted by Crippen LogP contribution is -2.26. The molecule has 3 heterocycles. The molecule has 0 radical (unpaired) electrons. The third-order valence-electron chi connectivity index (χ3n) is 6.22. The third kappa shape index (κ3) is 5.70. The van der Waals surface area contributed by atoms with Gasteiger partial charge in [-0.2, -0.15) is 5.21 Å². The molecule has 0 aliphatic rings. The molecule has 35 heavy (non-hydrogen) atoms. The van der Waals surface area contributed by atoms with E-state index in [9.17, 15) is 4.79 Å². The topological polar surface area (TPSA) is 94.3 Å². The van der Waals surface area contributed by atoms with Gasteiger partial charge in [-0.1, -0.05) is 69.5 Å². The summed E-state index contributed by atoms with van der Waals surface area (Å²) in [6.07, 6.45) is 8.48. The highest BCUT2D eigenvalue weighted by molar-refractivity contribution is 6.30. The summed E-state index contributed by atoms with van der Waals surface area (Å²) in [4.78, 5) is 17.6. The van der Waals surface area contributed by atoms with Gasteiger partial charge in [-0.3, -0.25) is 14.1 Å². The van der Waals surface area contributed by atoms with Crippen LogP contribution in [0.15, 0.2) is 47.5 Å². The summed E-state index contributed by atoms with van der Waals surface area (Å²) >= 11 is 6.75. The number of rotatable bonds is 11. The third-order valence-corrected chi connectivity index (χ3v) is 6.65. The molecule has 4 rings (SSSR count). The molecule has 0 atom stereocenters. The number of aromatic nitrogens is 7. The van der Waals surface area contributed by atoms with Crippen molar-refractivity contribution in [2.45, 2.75) is 66.0 Å². The van der Waals surface area contributed by atoms with Crippen LogP contribution in [0.4, 0.5) is 0 Å². The Morgan fingerprint density at radius 2 is 1.86 bits per heavy atom. The maximum Gasteiger partial charge on any atom is 0.329 e. The van der Waals surface area contributed by atoms with Crippen LogP contribution in [0.1, 0.15) is 57.7 Å². The molecule has 0 aliphatic heterocycles. The maximum atomic E-state index is 13.3. The Kier molecular flexibility index (Phi) is 8.13. The summed E-state index contributed by atoms with van der Waals surface area (Å²) in [5.41, 5.74) is 4.70. The number of hydrogen-bond acceptors (Lipinski definition) is 5. The highest BCUT2D eigenvalue weighted by Gasteiger charge is 2.19. The fourth-order valence-electron chi connectivity index (χ4n) is 4.20. The van der Waals surface area contributed by atoms with Crippen LogP contribution in [0, 0.1) is 5.92 Å². The van der Waals surface area contributed by atoms with Gasteiger partial charge in [0, 0.05) is 30.1 Å². The Labute approximate surface area is 210 Å². The molecule has 0 spiro atoms. The van der Waals surface area contributed by atoms with Gasteiger partial charge in [0.1, 0.15) is 5.15 Å². The molecule has 0 amide bonds. The average Bonchev–Trinajstić information content (AvgIpc) is 3.47. The monoisotopic (exact) mass is 493 g/mol. The fraction of sp³-hybridized carbons (Fsp3) is 0.423. The Hall–Kier alpha value is -3.26. The van der Waals surface area contributed by atoms with E-state index in [-0.39, 0.29) is 5.69 Å². The minimum absolute atomic E-state index is 0.0297. The second-order valence-corrected chi connectivity index (χ2v) is 9.61. The lowest BCUT2D eigenvalue weighted by molar-refractivity contribution is 0.503. The van der Waals surface area contributed by atoms with Crippen molar-refractivity contribution in [2.75, 3.05) is 0 Å². The molecule has 0 fully saturated rings. The SMILES string of the molecule is CCCCCc1c(Cl)n(CCC(C)C)c(=O)n1Cc1ccc(-c2cnccc2-c2nn[nH]n2)cc1. The normalized spacial score (nSPS) is 11.5. The number of imidazole rings is 1. The van der Waals surface area contributed by atoms with Crippen LogP contribution >= 0.6 is 11.6 Å². The number of halogens is 1. The Morgan fingerprint density at radius 1 is 1.06 bits per heavy atom. The molecule has 1 aromatic carbocycles. The van der Waals surface area contributed by atoms with Crippen molar-refractivity contribution in [1.29, 1.82) is 0 Å². The number of aromatic amines is 1. The van der Waals surface area contributed by atoms with Crippen LogP contribution in [-0.2, 0) is 19.5 Å². The van der Waals surface area contributed by atoms with Gasteiger partial charge in [-0.05, 0) is 47.6 Å². The molecule has 8 nitrogen and oxygen atoms in total. The van der Waals surface area contributed by atoms with Crippen LogP contribution in [0.3, 0.4) is 0 Å². The van der Waals surface area contributed by atoms with Crippen LogP contribution in [0.25, 0.3) is 22.5 Å². The second kappa shape index (κ2) is 11.4. The summed E-state index contributed by atoms with van der Waals surface area (Å²) < 4.78 is 3.59. The molecular formula is C26H32ClN7O. The zero-order chi connectivity index (χ0) is 24.8. The molecule has 9 heteroatoms. The minimum atomic E-state index is -0.0297. The van der Waals surface area contributed by atoms with Gasteiger partial charge in [0.2, 0.25) is 5.82 Å². The van der Waals surface area contributed by atoms with E-state index in [1.54, 1.807) is 17.0 Å². The first-order chi connectivity index (χ1) is 17.0. The van der Waals surface area contributed by atoms with E-state index >= 15 is 0 Å². The quantitative estimate of drug-likeness (QED) is 0.283. The number of benzene rings is 1. The smallest absolute Gasteiger partial charge is 0.290 e. The van der Waals surface area contributed by atoms with E-state index in [2.05, 4.69) is 46.4 Å². The van der Waals surface area contributed by atoms with E-state index < -0.39 is 0 Å². The van der Waals surface area contributed by atoms with Gasteiger partial charge in [0.25, 0.3) is 0 Å². The van der Waals surface area contributed by atoms with E-state index in [4.69, 9.17) is 11.6 Å². The highest BCUT2D eigenvalue weighted by Crippen LogP contribution is 2.29. The average molecular weight is 494 g/mol. The first-order valence-corrected chi connectivity index (χ1v) is 12.6. The lowest BCUT2D eigenvalue weighted by atomic mass is 10.0. The number of nitrogens with one attached hydrogen (secondary N) is 1. The number of H-pyrrole nitrogens is 1. The molecule has 4 aromatic rings.